The highest BCUT2D eigenvalue weighted by atomic mass is 35.5. The summed E-state index contributed by atoms with van der Waals surface area (Å²) in [6, 6.07) is 5.43. The summed E-state index contributed by atoms with van der Waals surface area (Å²) in [5.41, 5.74) is 0.879. The Morgan fingerprint density at radius 2 is 2.10 bits per heavy atom. The van der Waals surface area contributed by atoms with Gasteiger partial charge in [-0.3, -0.25) is 4.79 Å². The van der Waals surface area contributed by atoms with Crippen molar-refractivity contribution >= 4 is 17.5 Å². The zero-order valence-electron chi connectivity index (χ0n) is 12.1. The van der Waals surface area contributed by atoms with E-state index in [0.29, 0.717) is 16.5 Å². The molecule has 4 heteroatoms. The lowest BCUT2D eigenvalue weighted by Gasteiger charge is -2.38. The molecule has 2 rings (SSSR count). The Hall–Kier alpha value is -1.06. The Morgan fingerprint density at radius 1 is 1.45 bits per heavy atom. The largest absolute Gasteiger partial charge is 0.394 e. The van der Waals surface area contributed by atoms with Gasteiger partial charge in [0.2, 0.25) is 0 Å². The number of hydrogen-bond donors (Lipinski definition) is 2. The molecule has 0 atom stereocenters. The molecule has 1 aromatic rings. The molecule has 0 aromatic heterocycles. The quantitative estimate of drug-likeness (QED) is 0.899. The van der Waals surface area contributed by atoms with E-state index in [1.165, 1.54) is 0 Å². The molecule has 1 fully saturated rings. The van der Waals surface area contributed by atoms with E-state index in [9.17, 15) is 9.90 Å². The second-order valence-corrected chi connectivity index (χ2v) is 6.39. The number of rotatable bonds is 3. The van der Waals surface area contributed by atoms with Crippen LogP contribution in [0.2, 0.25) is 5.02 Å². The Kier molecular flexibility index (Phi) is 4.71. The number of amides is 1. The fourth-order valence-electron chi connectivity index (χ4n) is 2.77. The van der Waals surface area contributed by atoms with Gasteiger partial charge in [0, 0.05) is 0 Å². The molecule has 20 heavy (non-hydrogen) atoms. The fourth-order valence-corrected chi connectivity index (χ4v) is 2.98. The van der Waals surface area contributed by atoms with Gasteiger partial charge in [0.25, 0.3) is 5.91 Å². The highest BCUT2D eigenvalue weighted by molar-refractivity contribution is 6.34. The molecule has 0 saturated heterocycles. The van der Waals surface area contributed by atoms with Crippen LogP contribution in [0.25, 0.3) is 0 Å². The molecule has 1 amide bonds. The second-order valence-electron chi connectivity index (χ2n) is 6.01. The van der Waals surface area contributed by atoms with E-state index in [-0.39, 0.29) is 12.5 Å². The molecule has 0 bridgehead atoms. The number of carbonyl (C=O) groups excluding carboxylic acids is 1. The first-order valence-electron chi connectivity index (χ1n) is 7.16. The van der Waals surface area contributed by atoms with Gasteiger partial charge in [0.1, 0.15) is 0 Å². The van der Waals surface area contributed by atoms with Gasteiger partial charge in [0.05, 0.1) is 22.7 Å². The van der Waals surface area contributed by atoms with Crippen LogP contribution in [0, 0.1) is 12.8 Å². The molecule has 1 saturated carbocycles. The van der Waals surface area contributed by atoms with Crippen molar-refractivity contribution in [3.05, 3.63) is 34.3 Å². The van der Waals surface area contributed by atoms with Gasteiger partial charge in [-0.1, -0.05) is 30.7 Å². The minimum absolute atomic E-state index is 0.0190. The number of aryl methyl sites for hydroxylation is 1. The highest BCUT2D eigenvalue weighted by Crippen LogP contribution is 2.32. The van der Waals surface area contributed by atoms with Crippen LogP contribution in [0.4, 0.5) is 0 Å². The van der Waals surface area contributed by atoms with Gasteiger partial charge < -0.3 is 10.4 Å². The van der Waals surface area contributed by atoms with E-state index in [4.69, 9.17) is 11.6 Å². The van der Waals surface area contributed by atoms with Crippen molar-refractivity contribution in [1.29, 1.82) is 0 Å². The van der Waals surface area contributed by atoms with Gasteiger partial charge in [-0.2, -0.15) is 0 Å². The standard InChI is InChI=1S/C16H22ClNO2/c1-11-6-8-16(10-19,9-7-11)18-15(20)13-5-3-4-12(2)14(13)17/h3-5,11,19H,6-10H2,1-2H3,(H,18,20). The Balaban J connectivity index is 2.15. The number of benzene rings is 1. The summed E-state index contributed by atoms with van der Waals surface area (Å²) >= 11 is 6.19. The number of aliphatic hydroxyl groups excluding tert-OH is 1. The van der Waals surface area contributed by atoms with Crippen molar-refractivity contribution in [2.24, 2.45) is 5.92 Å². The van der Waals surface area contributed by atoms with Crippen LogP contribution in [-0.2, 0) is 0 Å². The predicted molar refractivity (Wildman–Crippen MR) is 81.1 cm³/mol. The molecule has 1 aliphatic carbocycles. The molecule has 0 unspecified atom stereocenters. The smallest absolute Gasteiger partial charge is 0.253 e. The molecule has 2 N–H and O–H groups in total. The van der Waals surface area contributed by atoms with Crippen molar-refractivity contribution in [2.75, 3.05) is 6.61 Å². The summed E-state index contributed by atoms with van der Waals surface area (Å²) in [6.45, 7) is 4.07. The third-order valence-corrected chi connectivity index (χ3v) is 4.85. The lowest BCUT2D eigenvalue weighted by Crippen LogP contribution is -2.53. The van der Waals surface area contributed by atoms with Crippen molar-refractivity contribution in [3.63, 3.8) is 0 Å². The van der Waals surface area contributed by atoms with Gasteiger partial charge in [0.15, 0.2) is 0 Å². The Labute approximate surface area is 125 Å². The maximum atomic E-state index is 12.4. The Morgan fingerprint density at radius 3 is 2.70 bits per heavy atom. The van der Waals surface area contributed by atoms with E-state index in [2.05, 4.69) is 12.2 Å². The van der Waals surface area contributed by atoms with E-state index in [1.54, 1.807) is 6.07 Å². The number of carbonyl (C=O) groups is 1. The first kappa shape index (κ1) is 15.3. The lowest BCUT2D eigenvalue weighted by atomic mass is 9.77. The van der Waals surface area contributed by atoms with E-state index in [1.807, 2.05) is 19.1 Å². The molecular formula is C16H22ClNO2. The van der Waals surface area contributed by atoms with Crippen LogP contribution >= 0.6 is 11.6 Å². The second kappa shape index (κ2) is 6.15. The van der Waals surface area contributed by atoms with Gasteiger partial charge in [-0.05, 0) is 50.2 Å². The Bertz CT molecular complexity index is 493. The maximum Gasteiger partial charge on any atom is 0.253 e. The maximum absolute atomic E-state index is 12.4. The first-order chi connectivity index (χ1) is 9.47. The molecule has 0 aliphatic heterocycles. The van der Waals surface area contributed by atoms with Crippen molar-refractivity contribution in [1.82, 2.24) is 5.32 Å². The average molecular weight is 296 g/mol. The highest BCUT2D eigenvalue weighted by Gasteiger charge is 2.35. The van der Waals surface area contributed by atoms with Gasteiger partial charge in [-0.25, -0.2) is 0 Å². The minimum atomic E-state index is -0.489. The number of halogens is 1. The van der Waals surface area contributed by atoms with Crippen LogP contribution in [0.15, 0.2) is 18.2 Å². The fraction of sp³-hybridized carbons (Fsp3) is 0.562. The summed E-state index contributed by atoms with van der Waals surface area (Å²) in [5.74, 6) is 0.469. The summed E-state index contributed by atoms with van der Waals surface area (Å²) in [4.78, 5) is 12.4. The summed E-state index contributed by atoms with van der Waals surface area (Å²) in [6.07, 6.45) is 3.70. The molecule has 0 heterocycles. The number of aliphatic hydroxyl groups is 1. The summed E-state index contributed by atoms with van der Waals surface area (Å²) < 4.78 is 0. The average Bonchev–Trinajstić information content (AvgIpc) is 2.44. The van der Waals surface area contributed by atoms with Gasteiger partial charge in [-0.15, -0.1) is 0 Å². The third kappa shape index (κ3) is 3.15. The van der Waals surface area contributed by atoms with Crippen molar-refractivity contribution in [3.8, 4) is 0 Å². The molecule has 1 aliphatic rings. The molecule has 1 aromatic carbocycles. The zero-order chi connectivity index (χ0) is 14.8. The first-order valence-corrected chi connectivity index (χ1v) is 7.54. The normalized spacial score (nSPS) is 26.3. The zero-order valence-corrected chi connectivity index (χ0v) is 12.8. The van der Waals surface area contributed by atoms with Crippen LogP contribution in [0.3, 0.4) is 0 Å². The van der Waals surface area contributed by atoms with Crippen LogP contribution in [0.5, 0.6) is 0 Å². The third-order valence-electron chi connectivity index (χ3n) is 4.35. The van der Waals surface area contributed by atoms with Gasteiger partial charge >= 0.3 is 0 Å². The van der Waals surface area contributed by atoms with E-state index >= 15 is 0 Å². The van der Waals surface area contributed by atoms with Crippen LogP contribution < -0.4 is 5.32 Å². The summed E-state index contributed by atoms with van der Waals surface area (Å²) in [7, 11) is 0. The van der Waals surface area contributed by atoms with Crippen LogP contribution in [0.1, 0.15) is 48.5 Å². The van der Waals surface area contributed by atoms with Crippen LogP contribution in [-0.4, -0.2) is 23.2 Å². The molecular weight excluding hydrogens is 274 g/mol. The molecule has 0 radical (unpaired) electrons. The minimum Gasteiger partial charge on any atom is -0.394 e. The molecule has 110 valence electrons. The number of hydrogen-bond acceptors (Lipinski definition) is 2. The molecule has 0 spiro atoms. The number of nitrogens with one attached hydrogen (secondary N) is 1. The predicted octanol–water partition coefficient (Wildman–Crippen LogP) is 3.32. The summed E-state index contributed by atoms with van der Waals surface area (Å²) in [5, 5.41) is 13.2. The van der Waals surface area contributed by atoms with Crippen molar-refractivity contribution in [2.45, 2.75) is 45.1 Å². The van der Waals surface area contributed by atoms with E-state index < -0.39 is 5.54 Å². The molecule has 3 nitrogen and oxygen atoms in total. The topological polar surface area (TPSA) is 49.3 Å². The SMILES string of the molecule is Cc1cccc(C(=O)NC2(CO)CCC(C)CC2)c1Cl. The van der Waals surface area contributed by atoms with E-state index in [0.717, 1.165) is 31.2 Å². The lowest BCUT2D eigenvalue weighted by molar-refractivity contribution is 0.0717. The van der Waals surface area contributed by atoms with Crippen molar-refractivity contribution < 1.29 is 9.90 Å². The monoisotopic (exact) mass is 295 g/mol.